The standard InChI is InChI=1S/C3H8O2.2ClH.H3N.Na.H/c1-3(5)2-4;;;;;/h3-5H,2H2,1H3;2*1H;1H3;;. The van der Waals surface area contributed by atoms with E-state index in [9.17, 15) is 0 Å². The fourth-order valence-corrected chi connectivity index (χ4v) is 0. The predicted octanol–water partition coefficient (Wildman–Crippen LogP) is -0.283. The summed E-state index contributed by atoms with van der Waals surface area (Å²) >= 11 is 0. The van der Waals surface area contributed by atoms with Crippen LogP contribution in [0.1, 0.15) is 6.92 Å². The van der Waals surface area contributed by atoms with E-state index in [0.29, 0.717) is 0 Å². The summed E-state index contributed by atoms with van der Waals surface area (Å²) in [6, 6.07) is 0. The molecule has 0 spiro atoms. The molecule has 5 N–H and O–H groups in total. The normalized spacial score (nSPS) is 8.33. The van der Waals surface area contributed by atoms with Crippen molar-refractivity contribution in [1.29, 1.82) is 0 Å². The zero-order valence-corrected chi connectivity index (χ0v) is 6.34. The van der Waals surface area contributed by atoms with E-state index in [1.54, 1.807) is 0 Å². The monoisotopic (exact) mass is 189 g/mol. The molecule has 0 fully saturated rings. The van der Waals surface area contributed by atoms with Crippen LogP contribution in [0.4, 0.5) is 0 Å². The molecule has 0 aromatic carbocycles. The Bertz CT molecular complexity index is 33.8. The van der Waals surface area contributed by atoms with Crippen LogP contribution >= 0.6 is 24.8 Å². The van der Waals surface area contributed by atoms with Gasteiger partial charge < -0.3 is 16.4 Å². The second-order valence-electron chi connectivity index (χ2n) is 1.03. The van der Waals surface area contributed by atoms with Crippen LogP contribution in [-0.2, 0) is 0 Å². The van der Waals surface area contributed by atoms with Gasteiger partial charge in [0.2, 0.25) is 0 Å². The quantitative estimate of drug-likeness (QED) is 0.497. The van der Waals surface area contributed by atoms with Crippen molar-refractivity contribution in [2.75, 3.05) is 6.61 Å². The van der Waals surface area contributed by atoms with Gasteiger partial charge in [0.1, 0.15) is 0 Å². The molecule has 6 heteroatoms. The SMILES string of the molecule is CC(O)CO.Cl.Cl.N.[NaH]. The first-order chi connectivity index (χ1) is 2.27. The van der Waals surface area contributed by atoms with Crippen molar-refractivity contribution in [3.05, 3.63) is 0 Å². The summed E-state index contributed by atoms with van der Waals surface area (Å²) in [4.78, 5) is 0. The van der Waals surface area contributed by atoms with Crippen LogP contribution in [0.25, 0.3) is 0 Å². The summed E-state index contributed by atoms with van der Waals surface area (Å²) < 4.78 is 0. The van der Waals surface area contributed by atoms with Crippen molar-refractivity contribution >= 4 is 54.4 Å². The maximum atomic E-state index is 8.11. The summed E-state index contributed by atoms with van der Waals surface area (Å²) in [5.74, 6) is 0. The van der Waals surface area contributed by atoms with Crippen LogP contribution in [-0.4, -0.2) is 52.5 Å². The van der Waals surface area contributed by atoms with E-state index in [0.717, 1.165) is 0 Å². The Labute approximate surface area is 89.9 Å². The van der Waals surface area contributed by atoms with Gasteiger partial charge in [-0.3, -0.25) is 0 Å². The molecule has 0 aliphatic heterocycles. The summed E-state index contributed by atoms with van der Waals surface area (Å²) in [7, 11) is 0. The number of hydrogen-bond donors (Lipinski definition) is 3. The molecule has 0 bridgehead atoms. The van der Waals surface area contributed by atoms with Gasteiger partial charge >= 0.3 is 29.6 Å². The molecule has 0 saturated carbocycles. The Hall–Kier alpha value is 1.46. The Morgan fingerprint density at radius 1 is 1.33 bits per heavy atom. The van der Waals surface area contributed by atoms with Gasteiger partial charge in [-0.25, -0.2) is 0 Å². The number of rotatable bonds is 1. The average Bonchev–Trinajstić information content (AvgIpc) is 1.38. The third-order valence-corrected chi connectivity index (χ3v) is 0.264. The van der Waals surface area contributed by atoms with Crippen LogP contribution < -0.4 is 6.15 Å². The third kappa shape index (κ3) is 44.0. The fourth-order valence-electron chi connectivity index (χ4n) is 0. The molecule has 0 saturated heterocycles. The second-order valence-corrected chi connectivity index (χ2v) is 1.03. The molecule has 0 radical (unpaired) electrons. The van der Waals surface area contributed by atoms with Gasteiger partial charge in [-0.2, -0.15) is 0 Å². The molecule has 0 rings (SSSR count). The number of aliphatic hydroxyl groups excluding tert-OH is 2. The first kappa shape index (κ1) is 31.4. The number of hydrogen-bond acceptors (Lipinski definition) is 3. The van der Waals surface area contributed by atoms with Crippen molar-refractivity contribution < 1.29 is 10.2 Å². The summed E-state index contributed by atoms with van der Waals surface area (Å²) in [5, 5.41) is 16.0. The predicted molar refractivity (Wildman–Crippen MR) is 45.4 cm³/mol. The Balaban J connectivity index is -0.0000000133. The average molecular weight is 190 g/mol. The number of aliphatic hydroxyl groups is 2. The van der Waals surface area contributed by atoms with E-state index < -0.39 is 6.10 Å². The molecule has 58 valence electrons. The van der Waals surface area contributed by atoms with Crippen molar-refractivity contribution in [1.82, 2.24) is 6.15 Å². The minimum atomic E-state index is -0.560. The van der Waals surface area contributed by atoms with E-state index >= 15 is 0 Å². The van der Waals surface area contributed by atoms with Crippen molar-refractivity contribution in [2.45, 2.75) is 13.0 Å². The Morgan fingerprint density at radius 3 is 1.44 bits per heavy atom. The summed E-state index contributed by atoms with van der Waals surface area (Å²) in [6.07, 6.45) is -0.560. The zero-order chi connectivity index (χ0) is 4.28. The van der Waals surface area contributed by atoms with Gasteiger partial charge in [-0.1, -0.05) is 0 Å². The Morgan fingerprint density at radius 2 is 1.44 bits per heavy atom. The third-order valence-electron chi connectivity index (χ3n) is 0.264. The molecule has 0 aromatic heterocycles. The van der Waals surface area contributed by atoms with E-state index in [1.807, 2.05) is 0 Å². The maximum absolute atomic E-state index is 8.11. The minimum absolute atomic E-state index is 0. The van der Waals surface area contributed by atoms with Crippen LogP contribution in [0.3, 0.4) is 0 Å². The molecule has 0 aliphatic carbocycles. The first-order valence-electron chi connectivity index (χ1n) is 1.56. The molecule has 0 aliphatic rings. The molecule has 0 aromatic rings. The molecule has 0 heterocycles. The van der Waals surface area contributed by atoms with Gasteiger partial charge in [-0.05, 0) is 6.92 Å². The van der Waals surface area contributed by atoms with Crippen molar-refractivity contribution in [3.8, 4) is 0 Å². The number of halogens is 2. The van der Waals surface area contributed by atoms with Gasteiger partial charge in [-0.15, -0.1) is 24.8 Å². The Kier molecular flexibility index (Phi) is 79.2. The van der Waals surface area contributed by atoms with Gasteiger partial charge in [0.15, 0.2) is 0 Å². The van der Waals surface area contributed by atoms with Gasteiger partial charge in [0, 0.05) is 0 Å². The topological polar surface area (TPSA) is 75.5 Å². The molecular weight excluding hydrogens is 176 g/mol. The van der Waals surface area contributed by atoms with E-state index in [4.69, 9.17) is 10.2 Å². The summed E-state index contributed by atoms with van der Waals surface area (Å²) in [5.41, 5.74) is 0. The van der Waals surface area contributed by atoms with Crippen LogP contribution in [0.15, 0.2) is 0 Å². The van der Waals surface area contributed by atoms with Crippen LogP contribution in [0, 0.1) is 0 Å². The summed E-state index contributed by atoms with van der Waals surface area (Å²) in [6.45, 7) is 1.39. The zero-order valence-electron chi connectivity index (χ0n) is 4.70. The first-order valence-corrected chi connectivity index (χ1v) is 1.56. The van der Waals surface area contributed by atoms with E-state index in [-0.39, 0.29) is 67.1 Å². The van der Waals surface area contributed by atoms with Crippen molar-refractivity contribution in [2.24, 2.45) is 0 Å². The molecule has 1 unspecified atom stereocenters. The molecule has 9 heavy (non-hydrogen) atoms. The molecular formula is C3H14Cl2NNaO2. The second kappa shape index (κ2) is 22.7. The molecule has 1 atom stereocenters. The van der Waals surface area contributed by atoms with Crippen molar-refractivity contribution in [3.63, 3.8) is 0 Å². The molecule has 0 amide bonds. The fraction of sp³-hybridized carbons (Fsp3) is 1.00. The van der Waals surface area contributed by atoms with Gasteiger partial charge in [0.25, 0.3) is 0 Å². The van der Waals surface area contributed by atoms with Crippen LogP contribution in [0.5, 0.6) is 0 Å². The van der Waals surface area contributed by atoms with Gasteiger partial charge in [0.05, 0.1) is 12.7 Å². The van der Waals surface area contributed by atoms with Crippen LogP contribution in [0.2, 0.25) is 0 Å². The van der Waals surface area contributed by atoms with E-state index in [1.165, 1.54) is 6.92 Å². The molecule has 3 nitrogen and oxygen atoms in total. The van der Waals surface area contributed by atoms with E-state index in [2.05, 4.69) is 0 Å².